The van der Waals surface area contributed by atoms with Gasteiger partial charge in [-0.25, -0.2) is 0 Å². The monoisotopic (exact) mass is 651 g/mol. The number of aromatic amines is 4. The molecule has 5 heterocycles. The molecule has 0 fully saturated rings. The maximum Gasteiger partial charge on any atom is 0.0441 e. The van der Waals surface area contributed by atoms with E-state index >= 15 is 0 Å². The summed E-state index contributed by atoms with van der Waals surface area (Å²) < 4.78 is 0. The highest BCUT2D eigenvalue weighted by Crippen LogP contribution is 2.23. The SMILES string of the molecule is CCCCNCCCc1c2[nH]c(c1C)C=c1[nH]c(c(C)c1CC)=Cc1[nH]c(c(C)c1CC)C=c1[nH]c(c(CCCNCCCC)c1C)=C2. The molecule has 48 heavy (non-hydrogen) atoms. The lowest BCUT2D eigenvalue weighted by atomic mass is 10.0. The van der Waals surface area contributed by atoms with Crippen molar-refractivity contribution in [1.29, 1.82) is 0 Å². The fourth-order valence-electron chi connectivity index (χ4n) is 7.55. The molecule has 4 aromatic rings. The third kappa shape index (κ3) is 7.87. The Balaban J connectivity index is 1.71. The average molecular weight is 651 g/mol. The van der Waals surface area contributed by atoms with E-state index in [9.17, 15) is 0 Å². The van der Waals surface area contributed by atoms with Gasteiger partial charge < -0.3 is 30.6 Å². The van der Waals surface area contributed by atoms with Crippen molar-refractivity contribution in [3.05, 3.63) is 88.7 Å². The molecule has 0 amide bonds. The largest absolute Gasteiger partial charge is 0.355 e. The highest BCUT2D eigenvalue weighted by molar-refractivity contribution is 5.65. The molecule has 0 saturated heterocycles. The van der Waals surface area contributed by atoms with Gasteiger partial charge in [-0.15, -0.1) is 0 Å². The minimum Gasteiger partial charge on any atom is -0.355 e. The number of nitrogens with one attached hydrogen (secondary N) is 6. The van der Waals surface area contributed by atoms with Gasteiger partial charge in [-0.05, 0) is 174 Å². The molecular weight excluding hydrogens is 589 g/mol. The molecule has 0 saturated carbocycles. The maximum atomic E-state index is 3.92. The standard InChI is InChI=1S/C42H62N6/c1-9-13-19-43-21-15-17-33-29(7)36-23-35-27(5)31(11-3)39(45-35)24-37-28(6)32(12-4)40(46-37)25-38-30(8)34(18-16-22-44-20-14-10-2)42(48-38)26-41(33)47-36/h23-26,43-48H,9-22H2,1-8H3. The minimum atomic E-state index is 0.987. The smallest absolute Gasteiger partial charge is 0.0441 e. The lowest BCUT2D eigenvalue weighted by molar-refractivity contribution is 0.616. The van der Waals surface area contributed by atoms with Crippen molar-refractivity contribution in [3.8, 4) is 0 Å². The minimum absolute atomic E-state index is 0.987. The number of hydrogen-bond donors (Lipinski definition) is 6. The van der Waals surface area contributed by atoms with E-state index in [0.717, 1.165) is 64.7 Å². The molecule has 260 valence electrons. The summed E-state index contributed by atoms with van der Waals surface area (Å²) in [6, 6.07) is 0. The number of aromatic nitrogens is 4. The first-order valence-electron chi connectivity index (χ1n) is 19.0. The Morgan fingerprint density at radius 3 is 1.40 bits per heavy atom. The van der Waals surface area contributed by atoms with Crippen molar-refractivity contribution < 1.29 is 0 Å². The van der Waals surface area contributed by atoms with Crippen molar-refractivity contribution in [1.82, 2.24) is 30.6 Å². The molecule has 6 nitrogen and oxygen atoms in total. The Morgan fingerprint density at radius 2 is 0.833 bits per heavy atom. The molecule has 6 N–H and O–H groups in total. The summed E-state index contributed by atoms with van der Waals surface area (Å²) in [4.78, 5) is 15.5. The topological polar surface area (TPSA) is 87.2 Å². The molecule has 0 aliphatic carbocycles. The Labute approximate surface area is 288 Å². The zero-order valence-electron chi connectivity index (χ0n) is 31.2. The van der Waals surface area contributed by atoms with Crippen LogP contribution in [-0.4, -0.2) is 46.1 Å². The molecule has 1 aliphatic heterocycles. The van der Waals surface area contributed by atoms with Crippen LogP contribution >= 0.6 is 0 Å². The first-order valence-corrected chi connectivity index (χ1v) is 19.0. The quantitative estimate of drug-likeness (QED) is 0.0783. The van der Waals surface area contributed by atoms with Crippen molar-refractivity contribution in [2.45, 2.75) is 120 Å². The molecule has 0 aromatic carbocycles. The van der Waals surface area contributed by atoms with E-state index < -0.39 is 0 Å². The van der Waals surface area contributed by atoms with E-state index in [2.05, 4.69) is 110 Å². The third-order valence-electron chi connectivity index (χ3n) is 10.6. The molecule has 0 atom stereocenters. The van der Waals surface area contributed by atoms with Crippen LogP contribution in [0, 0.1) is 27.7 Å². The molecule has 1 aliphatic rings. The van der Waals surface area contributed by atoms with Gasteiger partial charge >= 0.3 is 0 Å². The van der Waals surface area contributed by atoms with E-state index in [1.54, 1.807) is 0 Å². The van der Waals surface area contributed by atoms with E-state index in [1.807, 2.05) is 0 Å². The predicted molar refractivity (Wildman–Crippen MR) is 206 cm³/mol. The zero-order valence-corrected chi connectivity index (χ0v) is 31.2. The summed E-state index contributed by atoms with van der Waals surface area (Å²) in [5, 5.41) is 12.1. The predicted octanol–water partition coefficient (Wildman–Crippen LogP) is 5.63. The van der Waals surface area contributed by atoms with Crippen LogP contribution in [0.2, 0.25) is 0 Å². The first kappa shape index (κ1) is 35.8. The van der Waals surface area contributed by atoms with E-state index in [4.69, 9.17) is 0 Å². The molecule has 0 radical (unpaired) electrons. The van der Waals surface area contributed by atoms with Crippen LogP contribution in [0.25, 0.3) is 24.3 Å². The van der Waals surface area contributed by atoms with Crippen LogP contribution in [0.15, 0.2) is 0 Å². The molecule has 4 aromatic heterocycles. The third-order valence-corrected chi connectivity index (χ3v) is 10.6. The second-order valence-corrected chi connectivity index (χ2v) is 13.9. The number of fused-ring (bicyclic) bond motifs is 8. The van der Waals surface area contributed by atoms with E-state index in [-0.39, 0.29) is 0 Å². The lowest BCUT2D eigenvalue weighted by Gasteiger charge is -2.06. The van der Waals surface area contributed by atoms with Gasteiger partial charge in [-0.1, -0.05) is 40.5 Å². The van der Waals surface area contributed by atoms with Gasteiger partial charge in [0.1, 0.15) is 0 Å². The summed E-state index contributed by atoms with van der Waals surface area (Å²) in [6.45, 7) is 22.5. The fraction of sp³-hybridized carbons (Fsp3) is 0.524. The number of H-pyrrole nitrogens is 4. The van der Waals surface area contributed by atoms with Crippen LogP contribution in [0.1, 0.15) is 134 Å². The molecular formula is C42H62N6. The van der Waals surface area contributed by atoms with Gasteiger partial charge in [-0.3, -0.25) is 0 Å². The Kier molecular flexibility index (Phi) is 12.5. The van der Waals surface area contributed by atoms with E-state index in [1.165, 1.54) is 114 Å². The summed E-state index contributed by atoms with van der Waals surface area (Å²) in [6.07, 6.45) is 20.7. The summed E-state index contributed by atoms with van der Waals surface area (Å²) >= 11 is 0. The van der Waals surface area contributed by atoms with Crippen molar-refractivity contribution in [2.75, 3.05) is 26.2 Å². The second-order valence-electron chi connectivity index (χ2n) is 13.9. The first-order chi connectivity index (χ1) is 23.3. The van der Waals surface area contributed by atoms with E-state index in [0.29, 0.717) is 0 Å². The Bertz CT molecular complexity index is 1920. The van der Waals surface area contributed by atoms with Crippen LogP contribution in [-0.2, 0) is 25.7 Å². The van der Waals surface area contributed by atoms with Gasteiger partial charge in [0.2, 0.25) is 0 Å². The van der Waals surface area contributed by atoms with Crippen LogP contribution in [0.5, 0.6) is 0 Å². The number of hydrogen-bond acceptors (Lipinski definition) is 2. The second kappa shape index (κ2) is 16.8. The lowest BCUT2D eigenvalue weighted by Crippen LogP contribution is -2.18. The van der Waals surface area contributed by atoms with Crippen LogP contribution in [0.4, 0.5) is 0 Å². The molecule has 0 spiro atoms. The fourth-order valence-corrected chi connectivity index (χ4v) is 7.55. The molecule has 6 heteroatoms. The highest BCUT2D eigenvalue weighted by atomic mass is 14.8. The van der Waals surface area contributed by atoms with Gasteiger partial charge in [0, 0.05) is 44.2 Å². The van der Waals surface area contributed by atoms with Gasteiger partial charge in [0.05, 0.1) is 0 Å². The molecule has 8 bridgehead atoms. The van der Waals surface area contributed by atoms with Crippen molar-refractivity contribution >= 4 is 24.3 Å². The maximum absolute atomic E-state index is 3.92. The van der Waals surface area contributed by atoms with Crippen LogP contribution < -0.4 is 32.0 Å². The van der Waals surface area contributed by atoms with Gasteiger partial charge in [-0.2, -0.15) is 0 Å². The summed E-state index contributed by atoms with van der Waals surface area (Å²) in [5.74, 6) is 0. The van der Waals surface area contributed by atoms with Crippen molar-refractivity contribution in [2.24, 2.45) is 0 Å². The van der Waals surface area contributed by atoms with Crippen LogP contribution in [0.3, 0.4) is 0 Å². The van der Waals surface area contributed by atoms with Crippen molar-refractivity contribution in [3.63, 3.8) is 0 Å². The highest BCUT2D eigenvalue weighted by Gasteiger charge is 2.16. The van der Waals surface area contributed by atoms with Gasteiger partial charge in [0.25, 0.3) is 0 Å². The average Bonchev–Trinajstić information content (AvgIpc) is 3.73. The summed E-state index contributed by atoms with van der Waals surface area (Å²) in [5.41, 5.74) is 15.8. The Hall–Kier alpha value is -3.48. The molecule has 5 rings (SSSR count). The Morgan fingerprint density at radius 1 is 0.417 bits per heavy atom. The zero-order chi connectivity index (χ0) is 34.2. The number of rotatable bonds is 16. The normalized spacial score (nSPS) is 12.5. The molecule has 0 unspecified atom stereocenters. The summed E-state index contributed by atoms with van der Waals surface area (Å²) in [7, 11) is 0. The van der Waals surface area contributed by atoms with Gasteiger partial charge in [0.15, 0.2) is 0 Å². The number of unbranched alkanes of at least 4 members (excludes halogenated alkanes) is 2.